The van der Waals surface area contributed by atoms with E-state index in [0.717, 1.165) is 16.8 Å². The first-order chi connectivity index (χ1) is 12.2. The van der Waals surface area contributed by atoms with E-state index in [1.807, 2.05) is 43.3 Å². The maximum Gasteiger partial charge on any atom is 0.237 e. The number of likely N-dealkylation sites (N-methyl/N-ethyl adjacent to an activating group) is 1. The number of nitrogens with one attached hydrogen (secondary N) is 3. The Labute approximate surface area is 151 Å². The molecule has 2 aromatic carbocycles. The van der Waals surface area contributed by atoms with Crippen LogP contribution in [-0.4, -0.2) is 23.5 Å². The zero-order valence-corrected chi connectivity index (χ0v) is 14.7. The molecule has 4 nitrogen and oxygen atoms in total. The highest BCUT2D eigenvalue weighted by Gasteiger charge is 2.34. The van der Waals surface area contributed by atoms with Crippen molar-refractivity contribution < 1.29 is 4.79 Å². The average molecular weight is 354 g/mol. The summed E-state index contributed by atoms with van der Waals surface area (Å²) < 4.78 is 0. The summed E-state index contributed by atoms with van der Waals surface area (Å²) in [6.45, 7) is 2.55. The van der Waals surface area contributed by atoms with Crippen molar-refractivity contribution >= 4 is 28.4 Å². The number of rotatable bonds is 3. The van der Waals surface area contributed by atoms with Crippen molar-refractivity contribution in [3.63, 3.8) is 0 Å². The van der Waals surface area contributed by atoms with Gasteiger partial charge in [0.2, 0.25) is 5.91 Å². The number of hydrogen-bond acceptors (Lipinski definition) is 2. The number of benzene rings is 2. The second-order valence-corrected chi connectivity index (χ2v) is 6.74. The van der Waals surface area contributed by atoms with E-state index >= 15 is 0 Å². The number of carbonyl (C=O) groups excluding carboxylic acids is 1. The molecule has 1 unspecified atom stereocenters. The zero-order chi connectivity index (χ0) is 17.4. The molecule has 0 saturated heterocycles. The van der Waals surface area contributed by atoms with Crippen molar-refractivity contribution in [2.24, 2.45) is 0 Å². The smallest absolute Gasteiger partial charge is 0.237 e. The van der Waals surface area contributed by atoms with Crippen LogP contribution in [0.2, 0.25) is 5.02 Å². The standard InChI is InChI=1S/C20H20ClN3O/c1-2-22-20(25)17-11-14-12-7-4-6-10-16(12)23-19(14)18(24-17)13-8-3-5-9-15(13)21/h3-10,17-18,23-24H,2,11H2,1H3,(H,22,25)/t17-,18?/m0/s1. The number of aromatic amines is 1. The van der Waals surface area contributed by atoms with Crippen molar-refractivity contribution in [1.29, 1.82) is 0 Å². The number of aromatic nitrogens is 1. The molecule has 0 bridgehead atoms. The predicted octanol–water partition coefficient (Wildman–Crippen LogP) is 3.56. The monoisotopic (exact) mass is 353 g/mol. The fourth-order valence-electron chi connectivity index (χ4n) is 3.66. The first-order valence-electron chi connectivity index (χ1n) is 8.56. The largest absolute Gasteiger partial charge is 0.357 e. The maximum absolute atomic E-state index is 12.5. The molecular formula is C20H20ClN3O. The summed E-state index contributed by atoms with van der Waals surface area (Å²) in [5, 5.41) is 8.28. The topological polar surface area (TPSA) is 56.9 Å². The summed E-state index contributed by atoms with van der Waals surface area (Å²) in [5.41, 5.74) is 4.35. The molecule has 0 saturated carbocycles. The molecule has 1 aliphatic heterocycles. The summed E-state index contributed by atoms with van der Waals surface area (Å²) in [5.74, 6) is 0.0236. The minimum atomic E-state index is -0.284. The molecule has 3 N–H and O–H groups in total. The summed E-state index contributed by atoms with van der Waals surface area (Å²) in [6, 6.07) is 15.6. The van der Waals surface area contributed by atoms with Gasteiger partial charge < -0.3 is 10.3 Å². The van der Waals surface area contributed by atoms with Gasteiger partial charge in [-0.2, -0.15) is 0 Å². The van der Waals surface area contributed by atoms with Gasteiger partial charge in [-0.1, -0.05) is 48.0 Å². The van der Waals surface area contributed by atoms with Crippen LogP contribution in [0.4, 0.5) is 0 Å². The predicted molar refractivity (Wildman–Crippen MR) is 101 cm³/mol. The highest BCUT2D eigenvalue weighted by molar-refractivity contribution is 6.31. The van der Waals surface area contributed by atoms with E-state index in [1.165, 1.54) is 10.9 Å². The Balaban J connectivity index is 1.86. The minimum absolute atomic E-state index is 0.0236. The van der Waals surface area contributed by atoms with Gasteiger partial charge in [-0.05, 0) is 36.6 Å². The number of fused-ring (bicyclic) bond motifs is 3. The van der Waals surface area contributed by atoms with Gasteiger partial charge in [-0.3, -0.25) is 10.1 Å². The van der Waals surface area contributed by atoms with E-state index in [4.69, 9.17) is 11.6 Å². The summed E-state index contributed by atoms with van der Waals surface area (Å²) in [6.07, 6.45) is 0.659. The van der Waals surface area contributed by atoms with Gasteiger partial charge in [0.1, 0.15) is 0 Å². The lowest BCUT2D eigenvalue weighted by Gasteiger charge is -2.31. The molecule has 0 radical (unpaired) electrons. The van der Waals surface area contributed by atoms with Crippen LogP contribution in [0.5, 0.6) is 0 Å². The first kappa shape index (κ1) is 16.2. The second-order valence-electron chi connectivity index (χ2n) is 6.34. The van der Waals surface area contributed by atoms with E-state index in [2.05, 4.69) is 27.8 Å². The number of amides is 1. The minimum Gasteiger partial charge on any atom is -0.357 e. The highest BCUT2D eigenvalue weighted by atomic mass is 35.5. The van der Waals surface area contributed by atoms with Crippen molar-refractivity contribution in [2.45, 2.75) is 25.4 Å². The molecular weight excluding hydrogens is 334 g/mol. The van der Waals surface area contributed by atoms with E-state index < -0.39 is 0 Å². The molecule has 25 heavy (non-hydrogen) atoms. The van der Waals surface area contributed by atoms with Crippen LogP contribution in [0.15, 0.2) is 48.5 Å². The van der Waals surface area contributed by atoms with Gasteiger partial charge in [-0.25, -0.2) is 0 Å². The van der Waals surface area contributed by atoms with Crippen molar-refractivity contribution in [1.82, 2.24) is 15.6 Å². The van der Waals surface area contributed by atoms with E-state index in [1.54, 1.807) is 0 Å². The molecule has 5 heteroatoms. The summed E-state index contributed by atoms with van der Waals surface area (Å²) >= 11 is 6.46. The maximum atomic E-state index is 12.5. The Morgan fingerprint density at radius 2 is 1.96 bits per heavy atom. The van der Waals surface area contributed by atoms with E-state index in [0.29, 0.717) is 18.0 Å². The Kier molecular flexibility index (Phi) is 4.24. The Hall–Kier alpha value is -2.30. The van der Waals surface area contributed by atoms with Crippen LogP contribution in [-0.2, 0) is 11.2 Å². The third kappa shape index (κ3) is 2.81. The number of halogens is 1. The molecule has 4 rings (SSSR count). The molecule has 1 amide bonds. The van der Waals surface area contributed by atoms with Crippen LogP contribution in [0.25, 0.3) is 10.9 Å². The van der Waals surface area contributed by atoms with Crippen LogP contribution in [0.3, 0.4) is 0 Å². The number of carbonyl (C=O) groups is 1. The van der Waals surface area contributed by atoms with Crippen LogP contribution in [0.1, 0.15) is 29.8 Å². The van der Waals surface area contributed by atoms with Gasteiger partial charge in [-0.15, -0.1) is 0 Å². The van der Waals surface area contributed by atoms with Gasteiger partial charge >= 0.3 is 0 Å². The SMILES string of the molecule is CCNC(=O)[C@@H]1Cc2c([nH]c3ccccc23)C(c2ccccc2Cl)N1. The second kappa shape index (κ2) is 6.54. The van der Waals surface area contributed by atoms with Crippen molar-refractivity contribution in [3.05, 3.63) is 70.4 Å². The third-order valence-corrected chi connectivity index (χ3v) is 5.14. The molecule has 0 spiro atoms. The Morgan fingerprint density at radius 3 is 2.76 bits per heavy atom. The molecule has 2 atom stereocenters. The van der Waals surface area contributed by atoms with E-state index in [9.17, 15) is 4.79 Å². The van der Waals surface area contributed by atoms with Crippen LogP contribution >= 0.6 is 11.6 Å². The van der Waals surface area contributed by atoms with Gasteiger partial charge in [0.15, 0.2) is 0 Å². The lowest BCUT2D eigenvalue weighted by Crippen LogP contribution is -2.49. The van der Waals surface area contributed by atoms with Crippen molar-refractivity contribution in [2.75, 3.05) is 6.54 Å². The summed E-state index contributed by atoms with van der Waals surface area (Å²) in [7, 11) is 0. The number of para-hydroxylation sites is 1. The normalized spacial score (nSPS) is 19.6. The Bertz CT molecular complexity index is 934. The van der Waals surface area contributed by atoms with E-state index in [-0.39, 0.29) is 18.0 Å². The Morgan fingerprint density at radius 1 is 1.20 bits per heavy atom. The van der Waals surface area contributed by atoms with Crippen LogP contribution < -0.4 is 10.6 Å². The average Bonchev–Trinajstić information content (AvgIpc) is 3.00. The number of hydrogen-bond donors (Lipinski definition) is 3. The fraction of sp³-hybridized carbons (Fsp3) is 0.250. The molecule has 128 valence electrons. The third-order valence-electron chi connectivity index (χ3n) is 4.80. The van der Waals surface area contributed by atoms with Crippen molar-refractivity contribution in [3.8, 4) is 0 Å². The number of H-pyrrole nitrogens is 1. The highest BCUT2D eigenvalue weighted by Crippen LogP contribution is 2.37. The van der Waals surface area contributed by atoms with Gasteiger partial charge in [0.05, 0.1) is 12.1 Å². The fourth-order valence-corrected chi connectivity index (χ4v) is 3.90. The first-order valence-corrected chi connectivity index (χ1v) is 8.94. The van der Waals surface area contributed by atoms with Gasteiger partial charge in [0.25, 0.3) is 0 Å². The lowest BCUT2D eigenvalue weighted by atomic mass is 9.90. The van der Waals surface area contributed by atoms with Crippen LogP contribution in [0, 0.1) is 0 Å². The molecule has 3 aromatic rings. The quantitative estimate of drug-likeness (QED) is 0.674. The molecule has 1 aliphatic rings. The molecule has 1 aromatic heterocycles. The molecule has 0 aliphatic carbocycles. The van der Waals surface area contributed by atoms with Gasteiger partial charge in [0, 0.05) is 28.2 Å². The zero-order valence-electron chi connectivity index (χ0n) is 14.0. The lowest BCUT2D eigenvalue weighted by molar-refractivity contribution is -0.123. The molecule has 2 heterocycles. The molecule has 0 fully saturated rings. The summed E-state index contributed by atoms with van der Waals surface area (Å²) in [4.78, 5) is 16.0.